The third-order valence-electron chi connectivity index (χ3n) is 7.36. The summed E-state index contributed by atoms with van der Waals surface area (Å²) in [5.41, 5.74) is 4.38. The van der Waals surface area contributed by atoms with Crippen molar-refractivity contribution in [3.05, 3.63) is 126 Å². The van der Waals surface area contributed by atoms with Crippen LogP contribution in [0.2, 0.25) is 5.02 Å². The van der Waals surface area contributed by atoms with E-state index in [0.29, 0.717) is 22.5 Å². The summed E-state index contributed by atoms with van der Waals surface area (Å²) in [6.07, 6.45) is 0. The maximum absolute atomic E-state index is 6.33. The number of furan rings is 1. The molecule has 0 bridgehead atoms. The summed E-state index contributed by atoms with van der Waals surface area (Å²) >= 11 is 6.15. The predicted octanol–water partition coefficient (Wildman–Crippen LogP) is 9.73. The molecule has 0 spiro atoms. The van der Waals surface area contributed by atoms with Crippen LogP contribution in [-0.2, 0) is 0 Å². The molecule has 8 aromatic rings. The van der Waals surface area contributed by atoms with Crippen LogP contribution in [0.1, 0.15) is 0 Å². The average Bonchev–Trinajstić information content (AvgIpc) is 3.37. The highest BCUT2D eigenvalue weighted by Gasteiger charge is 2.15. The third-order valence-corrected chi connectivity index (χ3v) is 7.61. The molecule has 0 aliphatic rings. The lowest BCUT2D eigenvalue weighted by atomic mass is 9.99. The van der Waals surface area contributed by atoms with Gasteiger partial charge >= 0.3 is 0 Å². The molecule has 0 N–H and O–H groups in total. The Labute approximate surface area is 234 Å². The molecule has 0 saturated carbocycles. The summed E-state index contributed by atoms with van der Waals surface area (Å²) in [6, 6.07) is 40.8. The fraction of sp³-hybridized carbons (Fsp3) is 0. The smallest absolute Gasteiger partial charge is 0.164 e. The Balaban J connectivity index is 1.33. The first kappa shape index (κ1) is 22.9. The van der Waals surface area contributed by atoms with Gasteiger partial charge in [0.1, 0.15) is 11.2 Å². The van der Waals surface area contributed by atoms with Crippen LogP contribution in [0.5, 0.6) is 0 Å². The summed E-state index contributed by atoms with van der Waals surface area (Å²) in [6.45, 7) is 0. The lowest BCUT2D eigenvalue weighted by Gasteiger charge is -2.08. The summed E-state index contributed by atoms with van der Waals surface area (Å²) in [5, 5.41) is 7.55. The van der Waals surface area contributed by atoms with Gasteiger partial charge in [-0.1, -0.05) is 78.3 Å². The fourth-order valence-electron chi connectivity index (χ4n) is 5.37. The molecule has 2 heterocycles. The highest BCUT2D eigenvalue weighted by Crippen LogP contribution is 2.37. The Kier molecular flexibility index (Phi) is 5.15. The lowest BCUT2D eigenvalue weighted by molar-refractivity contribution is 0.669. The van der Waals surface area contributed by atoms with Crippen molar-refractivity contribution >= 4 is 55.1 Å². The molecule has 0 aliphatic carbocycles. The number of benzene rings is 6. The number of hydrogen-bond donors (Lipinski definition) is 0. The second kappa shape index (κ2) is 9.01. The molecule has 2 aromatic heterocycles. The summed E-state index contributed by atoms with van der Waals surface area (Å²) in [7, 11) is 0. The normalized spacial score (nSPS) is 11.6. The molecule has 188 valence electrons. The fourth-order valence-corrected chi connectivity index (χ4v) is 5.49. The minimum absolute atomic E-state index is 0.593. The van der Waals surface area contributed by atoms with Gasteiger partial charge in [0.05, 0.1) is 0 Å². The summed E-state index contributed by atoms with van der Waals surface area (Å²) < 4.78 is 6.33. The monoisotopic (exact) mass is 533 g/mol. The standard InChI is InChI=1S/C35H20ClN3O/c36-26-15-12-23(13-16-26)34-37-33(22-7-2-1-3-8-22)38-35(39-34)25-14-17-31-29(19-25)30-18-24-11-10-21-6-4-5-9-27(21)28(24)20-32(30)40-31/h1-20H. The van der Waals surface area contributed by atoms with Crippen molar-refractivity contribution in [2.24, 2.45) is 0 Å². The average molecular weight is 534 g/mol. The number of nitrogens with zero attached hydrogens (tertiary/aromatic N) is 3. The zero-order valence-corrected chi connectivity index (χ0v) is 21.9. The topological polar surface area (TPSA) is 51.8 Å². The molecule has 0 aliphatic heterocycles. The van der Waals surface area contributed by atoms with E-state index < -0.39 is 0 Å². The van der Waals surface area contributed by atoms with Crippen molar-refractivity contribution in [3.63, 3.8) is 0 Å². The van der Waals surface area contributed by atoms with Crippen LogP contribution in [0.15, 0.2) is 126 Å². The molecule has 5 heteroatoms. The van der Waals surface area contributed by atoms with E-state index in [9.17, 15) is 0 Å². The third kappa shape index (κ3) is 3.81. The van der Waals surface area contributed by atoms with E-state index in [1.54, 1.807) is 0 Å². The van der Waals surface area contributed by atoms with Crippen LogP contribution >= 0.6 is 11.6 Å². The first-order valence-electron chi connectivity index (χ1n) is 13.1. The number of halogens is 1. The quantitative estimate of drug-likeness (QED) is 0.212. The van der Waals surface area contributed by atoms with Gasteiger partial charge in [-0.25, -0.2) is 15.0 Å². The highest BCUT2D eigenvalue weighted by molar-refractivity contribution is 6.30. The second-order valence-electron chi connectivity index (χ2n) is 9.85. The number of aromatic nitrogens is 3. The van der Waals surface area contributed by atoms with E-state index in [-0.39, 0.29) is 0 Å². The molecule has 0 radical (unpaired) electrons. The maximum atomic E-state index is 6.33. The van der Waals surface area contributed by atoms with Gasteiger partial charge in [0, 0.05) is 32.5 Å². The molecule has 6 aromatic carbocycles. The first-order valence-corrected chi connectivity index (χ1v) is 13.4. The molecule has 40 heavy (non-hydrogen) atoms. The molecular weight excluding hydrogens is 514 g/mol. The van der Waals surface area contributed by atoms with Gasteiger partial charge in [-0.3, -0.25) is 0 Å². The highest BCUT2D eigenvalue weighted by atomic mass is 35.5. The van der Waals surface area contributed by atoms with Gasteiger partial charge in [-0.2, -0.15) is 0 Å². The van der Waals surface area contributed by atoms with Crippen molar-refractivity contribution in [1.82, 2.24) is 15.0 Å². The second-order valence-corrected chi connectivity index (χ2v) is 10.3. The minimum Gasteiger partial charge on any atom is -0.456 e. The Morgan fingerprint density at radius 2 is 1.05 bits per heavy atom. The van der Waals surface area contributed by atoms with E-state index >= 15 is 0 Å². The minimum atomic E-state index is 0.593. The lowest BCUT2D eigenvalue weighted by Crippen LogP contribution is -2.00. The van der Waals surface area contributed by atoms with Crippen molar-refractivity contribution in [2.45, 2.75) is 0 Å². The summed E-state index contributed by atoms with van der Waals surface area (Å²) in [4.78, 5) is 14.6. The van der Waals surface area contributed by atoms with E-state index in [1.165, 1.54) is 21.5 Å². The van der Waals surface area contributed by atoms with Gasteiger partial charge in [0.15, 0.2) is 17.5 Å². The maximum Gasteiger partial charge on any atom is 0.164 e. The molecule has 4 nitrogen and oxygen atoms in total. The van der Waals surface area contributed by atoms with Crippen LogP contribution in [-0.4, -0.2) is 15.0 Å². The van der Waals surface area contributed by atoms with E-state index in [1.807, 2.05) is 66.7 Å². The SMILES string of the molecule is Clc1ccc(-c2nc(-c3ccccc3)nc(-c3ccc4oc5cc6c(ccc7ccccc76)cc5c4c3)n2)cc1. The number of rotatable bonds is 3. The first-order chi connectivity index (χ1) is 19.7. The molecule has 0 unspecified atom stereocenters. The molecule has 0 atom stereocenters. The Morgan fingerprint density at radius 3 is 1.85 bits per heavy atom. The van der Waals surface area contributed by atoms with Crippen molar-refractivity contribution in [3.8, 4) is 34.2 Å². The van der Waals surface area contributed by atoms with Gasteiger partial charge in [-0.15, -0.1) is 0 Å². The molecule has 0 fully saturated rings. The van der Waals surface area contributed by atoms with Gasteiger partial charge in [0.25, 0.3) is 0 Å². The molecule has 8 rings (SSSR count). The van der Waals surface area contributed by atoms with Gasteiger partial charge < -0.3 is 4.42 Å². The van der Waals surface area contributed by atoms with Crippen molar-refractivity contribution in [2.75, 3.05) is 0 Å². The van der Waals surface area contributed by atoms with Gasteiger partial charge in [-0.05, 0) is 76.1 Å². The van der Waals surface area contributed by atoms with Gasteiger partial charge in [0.2, 0.25) is 0 Å². The largest absolute Gasteiger partial charge is 0.456 e. The van der Waals surface area contributed by atoms with Crippen LogP contribution in [0.25, 0.3) is 77.6 Å². The Bertz CT molecular complexity index is 2220. The zero-order chi connectivity index (χ0) is 26.6. The zero-order valence-electron chi connectivity index (χ0n) is 21.2. The van der Waals surface area contributed by atoms with E-state index in [2.05, 4.69) is 54.6 Å². The molecule has 0 amide bonds. The summed E-state index contributed by atoms with van der Waals surface area (Å²) in [5.74, 6) is 1.81. The number of hydrogen-bond acceptors (Lipinski definition) is 4. The molecule has 0 saturated heterocycles. The predicted molar refractivity (Wildman–Crippen MR) is 163 cm³/mol. The van der Waals surface area contributed by atoms with E-state index in [0.717, 1.165) is 38.6 Å². The Hall–Kier alpha value is -5.06. The van der Waals surface area contributed by atoms with Crippen molar-refractivity contribution < 1.29 is 4.42 Å². The van der Waals surface area contributed by atoms with Crippen LogP contribution < -0.4 is 0 Å². The van der Waals surface area contributed by atoms with E-state index in [4.69, 9.17) is 31.0 Å². The molecular formula is C35H20ClN3O. The van der Waals surface area contributed by atoms with Crippen molar-refractivity contribution in [1.29, 1.82) is 0 Å². The Morgan fingerprint density at radius 1 is 0.425 bits per heavy atom. The van der Waals surface area contributed by atoms with Crippen LogP contribution in [0.4, 0.5) is 0 Å². The van der Waals surface area contributed by atoms with Crippen LogP contribution in [0.3, 0.4) is 0 Å². The van der Waals surface area contributed by atoms with Crippen LogP contribution in [0, 0.1) is 0 Å². The number of fused-ring (bicyclic) bond motifs is 6.